The molecule has 0 aromatic heterocycles. The zero-order valence-electron chi connectivity index (χ0n) is 84.0. The molecular weight excluding hydrogens is 1870 g/mol. The van der Waals surface area contributed by atoms with Crippen molar-refractivity contribution < 1.29 is 120 Å². The molecular formula is C97H134F12N18O14. The van der Waals surface area contributed by atoms with E-state index in [0.717, 1.165) is 51.0 Å². The zero-order chi connectivity index (χ0) is 106. The number of alkyl halides is 6. The van der Waals surface area contributed by atoms with Crippen molar-refractivity contribution in [3.05, 3.63) is 144 Å². The van der Waals surface area contributed by atoms with Crippen molar-refractivity contribution in [2.75, 3.05) is 246 Å². The van der Waals surface area contributed by atoms with E-state index in [1.165, 1.54) is 82.0 Å². The van der Waals surface area contributed by atoms with Gasteiger partial charge in [0.1, 0.15) is 62.9 Å². The average Bonchev–Trinajstić information content (AvgIpc) is 0.834. The lowest BCUT2D eigenvalue weighted by Gasteiger charge is -2.37. The Labute approximate surface area is 816 Å². The topological polar surface area (TPSA) is 307 Å². The molecule has 9 amide bonds. The molecule has 6 fully saturated rings. The summed E-state index contributed by atoms with van der Waals surface area (Å²) in [6, 6.07) is 26.3. The zero-order valence-corrected chi connectivity index (χ0v) is 84.0. The van der Waals surface area contributed by atoms with Crippen molar-refractivity contribution in [1.82, 2.24) is 29.8 Å². The Hall–Kier alpha value is -12.9. The Bertz CT molecular complexity index is 5240. The molecule has 0 radical (unpaired) electrons. The number of rotatable bonds is 11. The second-order valence-electron chi connectivity index (χ2n) is 38.7. The Morgan fingerprint density at radius 1 is 0.312 bits per heavy atom. The number of ether oxygens (including phenoxy) is 5. The van der Waals surface area contributed by atoms with Crippen LogP contribution in [-0.2, 0) is 42.9 Å². The van der Waals surface area contributed by atoms with E-state index in [4.69, 9.17) is 29.4 Å². The average molecular weight is 2000 g/mol. The van der Waals surface area contributed by atoms with Crippen LogP contribution in [0.3, 0.4) is 0 Å². The van der Waals surface area contributed by atoms with Gasteiger partial charge in [-0.25, -0.2) is 50.3 Å². The lowest BCUT2D eigenvalue weighted by atomic mass is 10.2. The number of hydrogen-bond donors (Lipinski definition) is 4. The van der Waals surface area contributed by atoms with Crippen molar-refractivity contribution in [2.24, 2.45) is 0 Å². The normalized spacial score (nSPS) is 15.5. The fraction of sp³-hybridized carbons (Fsp3) is 0.536. The number of anilines is 12. The van der Waals surface area contributed by atoms with Crippen molar-refractivity contribution in [1.29, 1.82) is 0 Å². The molecule has 5 N–H and O–H groups in total. The summed E-state index contributed by atoms with van der Waals surface area (Å²) in [6.45, 7) is 42.4. The van der Waals surface area contributed by atoms with E-state index in [-0.39, 0.29) is 76.1 Å². The van der Waals surface area contributed by atoms with Gasteiger partial charge in [0.2, 0.25) is 11.8 Å². The van der Waals surface area contributed by atoms with Gasteiger partial charge >= 0.3 is 54.6 Å². The first-order valence-electron chi connectivity index (χ1n) is 45.9. The molecule has 6 aliphatic heterocycles. The third-order valence-corrected chi connectivity index (χ3v) is 21.9. The first kappa shape index (κ1) is 115. The lowest BCUT2D eigenvalue weighted by molar-refractivity contribution is -0.170. The SMILES string of the molecule is CC(=O)N(C)c1ccc(N2CCN(C(=O)OC(C)(C)C)CC2)c(F)c1.CC(=O)N(C)c1ccc(N2CCNCC2)c(F)c1.CC(C)(C)OC(=O)N1CCN(c2ccc(N)cc2F)CC1.CC(C)(C)OC(=O)N1CCN(c2ccc(NC(=O)C(F)(F)F)cc2F)CC1.CN(C(=O)C(F)(F)F)c1ccc(N2CCN(C(=O)OC(C)(C)C)CC2)c(F)c1.CNc1ccc(N2CCN(C(=O)OC(C)(C)C)CC2)c(F)c1. The maximum absolute atomic E-state index is 14.5. The van der Waals surface area contributed by atoms with E-state index in [9.17, 15) is 95.8 Å². The summed E-state index contributed by atoms with van der Waals surface area (Å²) in [7, 11) is 5.94. The summed E-state index contributed by atoms with van der Waals surface area (Å²) < 4.78 is 186. The van der Waals surface area contributed by atoms with Crippen LogP contribution >= 0.6 is 0 Å². The minimum absolute atomic E-state index is 0.107. The lowest BCUT2D eigenvalue weighted by Crippen LogP contribution is -2.50. The first-order chi connectivity index (χ1) is 65.4. The molecule has 32 nitrogen and oxygen atoms in total. The Morgan fingerprint density at radius 3 is 0.766 bits per heavy atom. The number of nitrogens with zero attached hydrogens (tertiary/aromatic N) is 14. The van der Waals surface area contributed by atoms with Crippen LogP contribution in [0.25, 0.3) is 0 Å². The predicted molar refractivity (Wildman–Crippen MR) is 520 cm³/mol. The number of benzene rings is 6. The maximum atomic E-state index is 14.5. The summed E-state index contributed by atoms with van der Waals surface area (Å²) in [5.41, 5.74) is 7.11. The van der Waals surface area contributed by atoms with Crippen molar-refractivity contribution in [2.45, 2.75) is 158 Å². The van der Waals surface area contributed by atoms with Gasteiger partial charge in [0.15, 0.2) is 0 Å². The van der Waals surface area contributed by atoms with Crippen LogP contribution in [0.5, 0.6) is 0 Å². The molecule has 6 saturated heterocycles. The molecule has 0 saturated carbocycles. The molecule has 0 unspecified atom stereocenters. The summed E-state index contributed by atoms with van der Waals surface area (Å²) in [5, 5.41) is 7.75. The quantitative estimate of drug-likeness (QED) is 0.0532. The maximum Gasteiger partial charge on any atom is 0.471 e. The molecule has 12 rings (SSSR count). The number of carbonyl (C=O) groups is 9. The highest BCUT2D eigenvalue weighted by molar-refractivity contribution is 5.97. The Kier molecular flexibility index (Phi) is 40.4. The molecule has 6 aliphatic rings. The fourth-order valence-electron chi connectivity index (χ4n) is 14.5. The van der Waals surface area contributed by atoms with Gasteiger partial charge in [0.05, 0.1) is 34.1 Å². The summed E-state index contributed by atoms with van der Waals surface area (Å²) in [4.78, 5) is 127. The monoisotopic (exact) mass is 2000 g/mol. The Balaban J connectivity index is 0.000000231. The molecule has 0 atom stereocenters. The highest BCUT2D eigenvalue weighted by Gasteiger charge is 2.43. The van der Waals surface area contributed by atoms with Crippen molar-refractivity contribution in [3.8, 4) is 0 Å². The smallest absolute Gasteiger partial charge is 0.444 e. The number of nitrogens with one attached hydrogen (secondary N) is 3. The molecule has 44 heteroatoms. The van der Waals surface area contributed by atoms with Gasteiger partial charge in [0.25, 0.3) is 0 Å². The van der Waals surface area contributed by atoms with Crippen LogP contribution in [0, 0.1) is 34.9 Å². The molecule has 141 heavy (non-hydrogen) atoms. The van der Waals surface area contributed by atoms with E-state index in [2.05, 4.69) is 10.6 Å². The standard InChI is InChI=1S/C18H23F4N3O3.C18H26FN3O3.C17H21F4N3O3.C16H24FN3O2.C15H22FN3O2.C13H18FN3O/c1-17(2,3)28-16(27)25-9-7-24(8-10-25)14-6-5-12(11-13(14)19)23(4)15(26)18(20,21)22;1-13(23)20(5)14-6-7-16(15(19)12-14)21-8-10-22(11-9-21)17(24)25-18(2,3)4;1-16(2,3)27-15(26)24-8-6-23(7-9-24)13-5-4-11(10-12(13)18)22-14(25)17(19,20)21;1-16(2,3)22-15(21)20-9-7-19(8-10-20)14-6-5-12(18-4)11-13(14)17;1-15(2,3)21-14(20)19-8-6-18(7-9-19)13-5-4-11(17)10-12(13)16;1-10(18)16(2)11-3-4-13(12(14)9-11)17-7-5-15-6-8-17/h5-6,11H,7-10H2,1-4H3;6-7,12H,8-11H2,1-5H3;4-5,10H,6-9H2,1-3H3,(H,22,25);5-6,11,18H,7-10H2,1-4H3;4-5,10H,6-9,17H2,1-3H3;3-4,9,15H,5-8H2,1-2H3. The van der Waals surface area contributed by atoms with Gasteiger partial charge in [-0.05, 0) is 213 Å². The summed E-state index contributed by atoms with van der Waals surface area (Å²) >= 11 is 0. The number of hydrogen-bond acceptors (Lipinski definition) is 23. The number of carbonyl (C=O) groups excluding carboxylic acids is 9. The van der Waals surface area contributed by atoms with Crippen LogP contribution in [0.15, 0.2) is 109 Å². The number of halogens is 12. The minimum atomic E-state index is -5.05. The second kappa shape index (κ2) is 49.5. The number of amides is 9. The van der Waals surface area contributed by atoms with Crippen molar-refractivity contribution in [3.63, 3.8) is 0 Å². The van der Waals surface area contributed by atoms with E-state index in [0.29, 0.717) is 176 Å². The third-order valence-electron chi connectivity index (χ3n) is 21.9. The largest absolute Gasteiger partial charge is 0.471 e. The molecule has 6 aromatic rings. The molecule has 0 bridgehead atoms. The molecule has 6 heterocycles. The summed E-state index contributed by atoms with van der Waals surface area (Å²) in [5.74, 6) is -7.25. The van der Waals surface area contributed by atoms with E-state index in [1.54, 1.807) is 135 Å². The number of nitrogens with two attached hydrogens (primary N) is 1. The highest BCUT2D eigenvalue weighted by Crippen LogP contribution is 2.35. The van der Waals surface area contributed by atoms with Crippen LogP contribution in [0.2, 0.25) is 0 Å². The van der Waals surface area contributed by atoms with Crippen LogP contribution < -0.4 is 65.8 Å². The van der Waals surface area contributed by atoms with Gasteiger partial charge in [-0.15, -0.1) is 0 Å². The van der Waals surface area contributed by atoms with Gasteiger partial charge in [-0.3, -0.25) is 19.2 Å². The third kappa shape index (κ3) is 36.3. The van der Waals surface area contributed by atoms with E-state index in [1.807, 2.05) is 88.0 Å². The number of piperazine rings is 6. The molecule has 0 aliphatic carbocycles. The predicted octanol–water partition coefficient (Wildman–Crippen LogP) is 16.3. The van der Waals surface area contributed by atoms with Gasteiger partial charge in [0, 0.05) is 233 Å². The highest BCUT2D eigenvalue weighted by atomic mass is 19.4. The van der Waals surface area contributed by atoms with Gasteiger partial charge in [-0.2, -0.15) is 26.3 Å². The van der Waals surface area contributed by atoms with Crippen LogP contribution in [-0.4, -0.2) is 304 Å². The summed E-state index contributed by atoms with van der Waals surface area (Å²) in [6.07, 6.45) is -12.0. The second-order valence-corrected chi connectivity index (χ2v) is 38.7. The molecule has 0 spiro atoms. The Morgan fingerprint density at radius 2 is 0.539 bits per heavy atom. The van der Waals surface area contributed by atoms with Crippen LogP contribution in [0.1, 0.15) is 118 Å². The fourth-order valence-corrected chi connectivity index (χ4v) is 14.5. The van der Waals surface area contributed by atoms with Gasteiger partial charge < -0.3 is 114 Å². The number of nitrogen functional groups attached to an aromatic ring is 1. The van der Waals surface area contributed by atoms with E-state index < -0.39 is 76.0 Å². The first-order valence-corrected chi connectivity index (χ1v) is 45.9. The van der Waals surface area contributed by atoms with Crippen LogP contribution in [0.4, 0.5) is 145 Å². The van der Waals surface area contributed by atoms with Crippen molar-refractivity contribution >= 4 is 122 Å². The van der Waals surface area contributed by atoms with Gasteiger partial charge in [-0.1, -0.05) is 0 Å². The minimum Gasteiger partial charge on any atom is -0.444 e. The molecule has 780 valence electrons. The molecule has 6 aromatic carbocycles. The van der Waals surface area contributed by atoms with E-state index >= 15 is 0 Å².